The second kappa shape index (κ2) is 5.01. The van der Waals surface area contributed by atoms with Gasteiger partial charge in [-0.25, -0.2) is 0 Å². The predicted molar refractivity (Wildman–Crippen MR) is 74.0 cm³/mol. The number of carbonyl (C=O) groups excluding carboxylic acids is 1. The van der Waals surface area contributed by atoms with E-state index in [2.05, 4.69) is 10.2 Å². The molecule has 2 N–H and O–H groups in total. The van der Waals surface area contributed by atoms with Crippen LogP contribution < -0.4 is 5.43 Å². The number of nitrogens with zero attached hydrogens (tertiary/aromatic N) is 2. The summed E-state index contributed by atoms with van der Waals surface area (Å²) in [7, 11) is 0. The van der Waals surface area contributed by atoms with Gasteiger partial charge in [0.05, 0.1) is 11.4 Å². The number of likely N-dealkylation sites (tertiary alicyclic amines) is 1. The first-order valence-corrected chi connectivity index (χ1v) is 6.57. The summed E-state index contributed by atoms with van der Waals surface area (Å²) < 4.78 is 0. The van der Waals surface area contributed by atoms with E-state index in [-0.39, 0.29) is 12.2 Å². The zero-order chi connectivity index (χ0) is 15.0. The fourth-order valence-corrected chi connectivity index (χ4v) is 2.51. The van der Waals surface area contributed by atoms with E-state index >= 15 is 0 Å². The number of carbonyl (C=O) groups is 2. The number of aromatic amines is 1. The monoisotopic (exact) mass is 287 g/mol. The second-order valence-electron chi connectivity index (χ2n) is 5.02. The Labute approximate surface area is 119 Å². The van der Waals surface area contributed by atoms with Gasteiger partial charge < -0.3 is 10.0 Å². The summed E-state index contributed by atoms with van der Waals surface area (Å²) in [5.41, 5.74) is -0.0725. The van der Waals surface area contributed by atoms with Crippen LogP contribution >= 0.6 is 0 Å². The normalized spacial score (nSPS) is 18.1. The SMILES string of the molecule is O=C(O)C1CCN(C(=O)c2n[nH]c3ccccc3c2=O)C1. The van der Waals surface area contributed by atoms with E-state index < -0.39 is 23.2 Å². The molecule has 2 heterocycles. The van der Waals surface area contributed by atoms with Gasteiger partial charge in [-0.3, -0.25) is 19.5 Å². The minimum Gasteiger partial charge on any atom is -0.481 e. The van der Waals surface area contributed by atoms with Gasteiger partial charge >= 0.3 is 5.97 Å². The zero-order valence-electron chi connectivity index (χ0n) is 11.1. The van der Waals surface area contributed by atoms with Crippen LogP contribution in [0, 0.1) is 5.92 Å². The number of H-pyrrole nitrogens is 1. The number of carboxylic acid groups (broad SMARTS) is 1. The van der Waals surface area contributed by atoms with Crippen molar-refractivity contribution >= 4 is 22.8 Å². The molecule has 108 valence electrons. The number of para-hydroxylation sites is 1. The van der Waals surface area contributed by atoms with E-state index in [9.17, 15) is 14.4 Å². The molecule has 1 atom stereocenters. The lowest BCUT2D eigenvalue weighted by atomic mass is 10.1. The summed E-state index contributed by atoms with van der Waals surface area (Å²) in [5, 5.41) is 15.9. The van der Waals surface area contributed by atoms with E-state index in [1.165, 1.54) is 4.90 Å². The highest BCUT2D eigenvalue weighted by Gasteiger charge is 2.32. The first-order chi connectivity index (χ1) is 10.1. The predicted octanol–water partition coefficient (Wildman–Crippen LogP) is 0.470. The highest BCUT2D eigenvalue weighted by molar-refractivity contribution is 5.95. The van der Waals surface area contributed by atoms with Gasteiger partial charge in [-0.15, -0.1) is 0 Å². The minimum absolute atomic E-state index is 0.113. The molecule has 1 amide bonds. The number of nitrogens with one attached hydrogen (secondary N) is 1. The van der Waals surface area contributed by atoms with Crippen LogP contribution in [0.4, 0.5) is 0 Å². The maximum Gasteiger partial charge on any atom is 0.308 e. The molecule has 1 aromatic carbocycles. The number of fused-ring (bicyclic) bond motifs is 1. The number of aromatic nitrogens is 2. The lowest BCUT2D eigenvalue weighted by Crippen LogP contribution is -2.34. The summed E-state index contributed by atoms with van der Waals surface area (Å²) in [6.07, 6.45) is 0.395. The van der Waals surface area contributed by atoms with Gasteiger partial charge in [-0.05, 0) is 18.6 Å². The van der Waals surface area contributed by atoms with Crippen LogP contribution in [0.25, 0.3) is 10.9 Å². The molecule has 0 spiro atoms. The van der Waals surface area contributed by atoms with E-state index in [4.69, 9.17) is 5.11 Å². The quantitative estimate of drug-likeness (QED) is 0.835. The number of rotatable bonds is 2. The third-order valence-electron chi connectivity index (χ3n) is 3.70. The molecule has 7 nitrogen and oxygen atoms in total. The first-order valence-electron chi connectivity index (χ1n) is 6.57. The molecule has 7 heteroatoms. The Hall–Kier alpha value is -2.70. The molecule has 1 fully saturated rings. The minimum atomic E-state index is -0.925. The Morgan fingerprint density at radius 2 is 2.10 bits per heavy atom. The molecular formula is C14H13N3O4. The van der Waals surface area contributed by atoms with Crippen molar-refractivity contribution < 1.29 is 14.7 Å². The largest absolute Gasteiger partial charge is 0.481 e. The molecule has 3 rings (SSSR count). The van der Waals surface area contributed by atoms with Crippen LogP contribution in [-0.2, 0) is 4.79 Å². The van der Waals surface area contributed by atoms with E-state index in [0.29, 0.717) is 23.9 Å². The Morgan fingerprint density at radius 1 is 1.33 bits per heavy atom. The third kappa shape index (κ3) is 2.26. The molecule has 0 bridgehead atoms. The summed E-state index contributed by atoms with van der Waals surface area (Å²) in [6, 6.07) is 6.80. The molecule has 2 aromatic rings. The number of benzene rings is 1. The summed E-state index contributed by atoms with van der Waals surface area (Å²) in [5.74, 6) is -2.02. The number of aliphatic carboxylic acids is 1. The highest BCUT2D eigenvalue weighted by atomic mass is 16.4. The van der Waals surface area contributed by atoms with Gasteiger partial charge in [-0.2, -0.15) is 5.10 Å². The van der Waals surface area contributed by atoms with Crippen molar-refractivity contribution in [2.75, 3.05) is 13.1 Å². The van der Waals surface area contributed by atoms with E-state index in [1.54, 1.807) is 24.3 Å². The number of hydrogen-bond donors (Lipinski definition) is 2. The smallest absolute Gasteiger partial charge is 0.308 e. The summed E-state index contributed by atoms with van der Waals surface area (Å²) in [4.78, 5) is 36.9. The molecule has 1 aliphatic heterocycles. The molecule has 1 aromatic heterocycles. The van der Waals surface area contributed by atoms with Crippen molar-refractivity contribution in [3.63, 3.8) is 0 Å². The molecule has 0 radical (unpaired) electrons. The lowest BCUT2D eigenvalue weighted by Gasteiger charge is -2.14. The topological polar surface area (TPSA) is 103 Å². The Bertz CT molecular complexity index is 783. The third-order valence-corrected chi connectivity index (χ3v) is 3.70. The fourth-order valence-electron chi connectivity index (χ4n) is 2.51. The second-order valence-corrected chi connectivity index (χ2v) is 5.02. The fraction of sp³-hybridized carbons (Fsp3) is 0.286. The number of amides is 1. The van der Waals surface area contributed by atoms with Crippen molar-refractivity contribution in [2.45, 2.75) is 6.42 Å². The maximum absolute atomic E-state index is 12.3. The van der Waals surface area contributed by atoms with E-state index in [0.717, 1.165) is 0 Å². The van der Waals surface area contributed by atoms with Crippen LogP contribution in [0.15, 0.2) is 29.1 Å². The Kier molecular flexibility index (Phi) is 3.17. The average molecular weight is 287 g/mol. The van der Waals surface area contributed by atoms with Crippen molar-refractivity contribution in [3.05, 3.63) is 40.2 Å². The molecule has 1 saturated heterocycles. The zero-order valence-corrected chi connectivity index (χ0v) is 11.1. The van der Waals surface area contributed by atoms with Crippen LogP contribution in [0.2, 0.25) is 0 Å². The van der Waals surface area contributed by atoms with Gasteiger partial charge in [-0.1, -0.05) is 12.1 Å². The average Bonchev–Trinajstić information content (AvgIpc) is 2.97. The van der Waals surface area contributed by atoms with Gasteiger partial charge in [0, 0.05) is 18.5 Å². The van der Waals surface area contributed by atoms with Gasteiger partial charge in [0.25, 0.3) is 5.91 Å². The molecule has 0 saturated carbocycles. The molecule has 1 unspecified atom stereocenters. The van der Waals surface area contributed by atoms with Crippen molar-refractivity contribution in [1.82, 2.24) is 15.1 Å². The van der Waals surface area contributed by atoms with Crippen molar-refractivity contribution in [2.24, 2.45) is 5.92 Å². The molecular weight excluding hydrogens is 274 g/mol. The maximum atomic E-state index is 12.3. The molecule has 21 heavy (non-hydrogen) atoms. The standard InChI is InChI=1S/C14H13N3O4/c18-12-9-3-1-2-4-10(9)15-16-11(12)13(19)17-6-5-8(7-17)14(20)21/h1-4,8H,5-7H2,(H,15,18)(H,20,21). The van der Waals surface area contributed by atoms with Crippen molar-refractivity contribution in [1.29, 1.82) is 0 Å². The Balaban J connectivity index is 1.94. The van der Waals surface area contributed by atoms with Crippen LogP contribution in [0.5, 0.6) is 0 Å². The van der Waals surface area contributed by atoms with Crippen LogP contribution in [-0.4, -0.2) is 45.2 Å². The van der Waals surface area contributed by atoms with E-state index in [1.807, 2.05) is 0 Å². The van der Waals surface area contributed by atoms with Gasteiger partial charge in [0.15, 0.2) is 5.69 Å². The molecule has 0 aliphatic carbocycles. The Morgan fingerprint density at radius 3 is 2.81 bits per heavy atom. The van der Waals surface area contributed by atoms with Crippen LogP contribution in [0.1, 0.15) is 16.9 Å². The summed E-state index contributed by atoms with van der Waals surface area (Å²) in [6.45, 7) is 0.436. The van der Waals surface area contributed by atoms with Gasteiger partial charge in [0.1, 0.15) is 0 Å². The van der Waals surface area contributed by atoms with Crippen LogP contribution in [0.3, 0.4) is 0 Å². The van der Waals surface area contributed by atoms with Gasteiger partial charge in [0.2, 0.25) is 5.43 Å². The lowest BCUT2D eigenvalue weighted by molar-refractivity contribution is -0.141. The molecule has 1 aliphatic rings. The summed E-state index contributed by atoms with van der Waals surface area (Å²) >= 11 is 0. The number of carboxylic acids is 1. The highest BCUT2D eigenvalue weighted by Crippen LogP contribution is 2.18. The number of hydrogen-bond acceptors (Lipinski definition) is 4. The van der Waals surface area contributed by atoms with Crippen molar-refractivity contribution in [3.8, 4) is 0 Å². The first kappa shape index (κ1) is 13.3.